The van der Waals surface area contributed by atoms with Gasteiger partial charge in [0, 0.05) is 9.26 Å². The molecule has 3 N–H and O–H groups in total. The third-order valence-corrected chi connectivity index (χ3v) is 2.87. The van der Waals surface area contributed by atoms with E-state index in [0.717, 1.165) is 9.26 Å². The molecule has 0 heterocycles. The number of halogens is 1. The number of amides is 2. The first-order valence-electron chi connectivity index (χ1n) is 5.09. The van der Waals surface area contributed by atoms with Gasteiger partial charge in [0.15, 0.2) is 0 Å². The molecule has 1 aromatic rings. The number of aliphatic hydroxyl groups excluding tert-OH is 1. The van der Waals surface area contributed by atoms with Crippen LogP contribution in [0.2, 0.25) is 0 Å². The number of anilines is 1. The molecule has 16 heavy (non-hydrogen) atoms. The van der Waals surface area contributed by atoms with Crippen molar-refractivity contribution in [3.05, 3.63) is 27.8 Å². The predicted molar refractivity (Wildman–Crippen MR) is 72.5 cm³/mol. The van der Waals surface area contributed by atoms with Crippen molar-refractivity contribution in [2.24, 2.45) is 0 Å². The third kappa shape index (κ3) is 4.36. The fourth-order valence-corrected chi connectivity index (χ4v) is 1.52. The van der Waals surface area contributed by atoms with Crippen molar-refractivity contribution in [1.82, 2.24) is 5.32 Å². The SMILES string of the molecule is CC[C@@H](CO)NC(=O)Nc1ccc(I)cc1. The first-order chi connectivity index (χ1) is 7.65. The standard InChI is InChI=1S/C11H15IN2O2/c1-2-9(7-15)13-11(16)14-10-5-3-8(12)4-6-10/h3-6,9,15H,2,7H2,1H3,(H2,13,14,16)/t9-/m0/s1. The fraction of sp³-hybridized carbons (Fsp3) is 0.364. The third-order valence-electron chi connectivity index (χ3n) is 2.15. The number of carbonyl (C=O) groups is 1. The van der Waals surface area contributed by atoms with E-state index < -0.39 is 0 Å². The van der Waals surface area contributed by atoms with Gasteiger partial charge in [-0.1, -0.05) is 6.92 Å². The van der Waals surface area contributed by atoms with Crippen LogP contribution in [0.4, 0.5) is 10.5 Å². The summed E-state index contributed by atoms with van der Waals surface area (Å²) in [6, 6.07) is 7.02. The lowest BCUT2D eigenvalue weighted by atomic mass is 10.2. The topological polar surface area (TPSA) is 61.4 Å². The average Bonchev–Trinajstić information content (AvgIpc) is 2.29. The van der Waals surface area contributed by atoms with E-state index in [1.807, 2.05) is 31.2 Å². The Morgan fingerprint density at radius 1 is 1.44 bits per heavy atom. The number of nitrogens with one attached hydrogen (secondary N) is 2. The van der Waals surface area contributed by atoms with E-state index in [-0.39, 0.29) is 18.7 Å². The monoisotopic (exact) mass is 334 g/mol. The summed E-state index contributed by atoms with van der Waals surface area (Å²) < 4.78 is 1.12. The second-order valence-corrected chi connectivity index (χ2v) is 4.64. The summed E-state index contributed by atoms with van der Waals surface area (Å²) in [5.41, 5.74) is 0.741. The number of urea groups is 1. The number of carbonyl (C=O) groups excluding carboxylic acids is 1. The summed E-state index contributed by atoms with van der Waals surface area (Å²) in [6.45, 7) is 1.86. The van der Waals surface area contributed by atoms with Gasteiger partial charge in [0.05, 0.1) is 12.6 Å². The van der Waals surface area contributed by atoms with Crippen LogP contribution in [0.15, 0.2) is 24.3 Å². The number of hydrogen-bond acceptors (Lipinski definition) is 2. The van der Waals surface area contributed by atoms with E-state index in [4.69, 9.17) is 5.11 Å². The summed E-state index contributed by atoms with van der Waals surface area (Å²) in [4.78, 5) is 11.5. The van der Waals surface area contributed by atoms with E-state index in [9.17, 15) is 4.79 Å². The number of benzene rings is 1. The molecular weight excluding hydrogens is 319 g/mol. The zero-order valence-corrected chi connectivity index (χ0v) is 11.2. The summed E-state index contributed by atoms with van der Waals surface area (Å²) >= 11 is 2.20. The van der Waals surface area contributed by atoms with E-state index in [2.05, 4.69) is 33.2 Å². The van der Waals surface area contributed by atoms with Gasteiger partial charge in [-0.05, 0) is 53.3 Å². The second kappa shape index (κ2) is 6.70. The Bertz CT molecular complexity index is 336. The van der Waals surface area contributed by atoms with Gasteiger partial charge in [0.25, 0.3) is 0 Å². The highest BCUT2D eigenvalue weighted by molar-refractivity contribution is 14.1. The molecule has 0 aliphatic rings. The average molecular weight is 334 g/mol. The van der Waals surface area contributed by atoms with Crippen molar-refractivity contribution in [2.75, 3.05) is 11.9 Å². The van der Waals surface area contributed by atoms with Gasteiger partial charge in [-0.25, -0.2) is 4.79 Å². The van der Waals surface area contributed by atoms with Crippen LogP contribution in [0.1, 0.15) is 13.3 Å². The normalized spacial score (nSPS) is 11.9. The summed E-state index contributed by atoms with van der Waals surface area (Å²) in [6.07, 6.45) is 0.705. The molecule has 4 nitrogen and oxygen atoms in total. The zero-order valence-electron chi connectivity index (χ0n) is 9.03. The highest BCUT2D eigenvalue weighted by Crippen LogP contribution is 2.10. The molecule has 1 atom stereocenters. The molecule has 0 bridgehead atoms. The molecule has 0 fully saturated rings. The summed E-state index contributed by atoms with van der Waals surface area (Å²) in [5.74, 6) is 0. The summed E-state index contributed by atoms with van der Waals surface area (Å²) in [7, 11) is 0. The Morgan fingerprint density at radius 2 is 2.06 bits per heavy atom. The highest BCUT2D eigenvalue weighted by atomic mass is 127. The van der Waals surface area contributed by atoms with E-state index in [1.165, 1.54) is 0 Å². The van der Waals surface area contributed by atoms with Crippen molar-refractivity contribution < 1.29 is 9.90 Å². The van der Waals surface area contributed by atoms with Crippen LogP contribution in [-0.2, 0) is 0 Å². The Kier molecular flexibility index (Phi) is 5.54. The van der Waals surface area contributed by atoms with Crippen molar-refractivity contribution in [1.29, 1.82) is 0 Å². The quantitative estimate of drug-likeness (QED) is 0.739. The van der Waals surface area contributed by atoms with Crippen molar-refractivity contribution in [3.8, 4) is 0 Å². The maximum atomic E-state index is 11.5. The van der Waals surface area contributed by atoms with Gasteiger partial charge < -0.3 is 15.7 Å². The maximum Gasteiger partial charge on any atom is 0.319 e. The lowest BCUT2D eigenvalue weighted by Crippen LogP contribution is -2.39. The molecule has 0 aliphatic carbocycles. The van der Waals surface area contributed by atoms with Gasteiger partial charge in [-0.2, -0.15) is 0 Å². The molecule has 0 saturated heterocycles. The van der Waals surface area contributed by atoms with Gasteiger partial charge in [-0.15, -0.1) is 0 Å². The molecule has 1 aromatic carbocycles. The first-order valence-corrected chi connectivity index (χ1v) is 6.17. The Hall–Kier alpha value is -0.820. The van der Waals surface area contributed by atoms with Crippen LogP contribution in [0.3, 0.4) is 0 Å². The van der Waals surface area contributed by atoms with Crippen molar-refractivity contribution in [2.45, 2.75) is 19.4 Å². The molecule has 0 unspecified atom stereocenters. The molecule has 5 heteroatoms. The fourth-order valence-electron chi connectivity index (χ4n) is 1.16. The number of hydrogen-bond donors (Lipinski definition) is 3. The Morgan fingerprint density at radius 3 is 2.56 bits per heavy atom. The van der Waals surface area contributed by atoms with Crippen molar-refractivity contribution in [3.63, 3.8) is 0 Å². The van der Waals surface area contributed by atoms with Crippen LogP contribution in [0, 0.1) is 3.57 Å². The van der Waals surface area contributed by atoms with Crippen molar-refractivity contribution >= 4 is 34.3 Å². The Balaban J connectivity index is 2.48. The van der Waals surface area contributed by atoms with Crippen LogP contribution >= 0.6 is 22.6 Å². The molecular formula is C11H15IN2O2. The number of rotatable bonds is 4. The second-order valence-electron chi connectivity index (χ2n) is 3.39. The lowest BCUT2D eigenvalue weighted by molar-refractivity contribution is 0.222. The highest BCUT2D eigenvalue weighted by Gasteiger charge is 2.08. The molecule has 0 radical (unpaired) electrons. The molecule has 0 aromatic heterocycles. The lowest BCUT2D eigenvalue weighted by Gasteiger charge is -2.14. The van der Waals surface area contributed by atoms with Gasteiger partial charge >= 0.3 is 6.03 Å². The van der Waals surface area contributed by atoms with E-state index in [1.54, 1.807) is 0 Å². The van der Waals surface area contributed by atoms with Crippen LogP contribution in [0.5, 0.6) is 0 Å². The first kappa shape index (κ1) is 13.2. The molecule has 0 spiro atoms. The summed E-state index contributed by atoms with van der Waals surface area (Å²) in [5, 5.41) is 14.3. The smallest absolute Gasteiger partial charge is 0.319 e. The van der Waals surface area contributed by atoms with Gasteiger partial charge in [-0.3, -0.25) is 0 Å². The zero-order chi connectivity index (χ0) is 12.0. The van der Waals surface area contributed by atoms with Gasteiger partial charge in [0.2, 0.25) is 0 Å². The minimum atomic E-state index is -0.290. The molecule has 0 aliphatic heterocycles. The largest absolute Gasteiger partial charge is 0.394 e. The molecule has 0 saturated carbocycles. The van der Waals surface area contributed by atoms with Crippen LogP contribution < -0.4 is 10.6 Å². The molecule has 2 amide bonds. The predicted octanol–water partition coefficient (Wildman–Crippen LogP) is 2.18. The maximum absolute atomic E-state index is 11.5. The molecule has 1 rings (SSSR count). The van der Waals surface area contributed by atoms with Crippen LogP contribution in [0.25, 0.3) is 0 Å². The van der Waals surface area contributed by atoms with Crippen LogP contribution in [-0.4, -0.2) is 23.8 Å². The molecule has 88 valence electrons. The van der Waals surface area contributed by atoms with E-state index in [0.29, 0.717) is 6.42 Å². The minimum absolute atomic E-state index is 0.0450. The minimum Gasteiger partial charge on any atom is -0.394 e. The number of aliphatic hydroxyl groups is 1. The van der Waals surface area contributed by atoms with Gasteiger partial charge in [0.1, 0.15) is 0 Å². The van der Waals surface area contributed by atoms with E-state index >= 15 is 0 Å². The Labute approximate surface area is 109 Å².